The molecule has 1 amide bonds. The van der Waals surface area contributed by atoms with Gasteiger partial charge in [0.2, 0.25) is 0 Å². The third-order valence-corrected chi connectivity index (χ3v) is 4.68. The normalized spacial score (nSPS) is 11.7. The van der Waals surface area contributed by atoms with Crippen LogP contribution >= 0.6 is 0 Å². The lowest BCUT2D eigenvalue weighted by atomic mass is 10.1. The van der Waals surface area contributed by atoms with Crippen molar-refractivity contribution in [1.82, 2.24) is 10.3 Å². The van der Waals surface area contributed by atoms with Crippen LogP contribution in [0.2, 0.25) is 0 Å². The third kappa shape index (κ3) is 4.90. The fraction of sp³-hybridized carbons (Fsp3) is 0.217. The van der Waals surface area contributed by atoms with Crippen molar-refractivity contribution in [3.05, 3.63) is 98.7 Å². The Morgan fingerprint density at radius 2 is 1.86 bits per heavy atom. The molecule has 0 aliphatic rings. The van der Waals surface area contributed by atoms with Crippen LogP contribution in [0.3, 0.4) is 0 Å². The van der Waals surface area contributed by atoms with Gasteiger partial charge in [-0.15, -0.1) is 0 Å². The van der Waals surface area contributed by atoms with Crippen molar-refractivity contribution >= 4 is 5.91 Å². The highest BCUT2D eigenvalue weighted by atomic mass is 19.1. The summed E-state index contributed by atoms with van der Waals surface area (Å²) in [4.78, 5) is 27.2. The first-order valence-corrected chi connectivity index (χ1v) is 9.34. The molecule has 3 aromatic rings. The predicted molar refractivity (Wildman–Crippen MR) is 110 cm³/mol. The van der Waals surface area contributed by atoms with Crippen LogP contribution in [0.1, 0.15) is 45.8 Å². The maximum atomic E-state index is 14.6. The first-order chi connectivity index (χ1) is 13.8. The monoisotopic (exact) mass is 394 g/mol. The molecule has 0 saturated heterocycles. The van der Waals surface area contributed by atoms with E-state index in [4.69, 9.17) is 4.74 Å². The summed E-state index contributed by atoms with van der Waals surface area (Å²) < 4.78 is 20.3. The van der Waals surface area contributed by atoms with E-state index in [-0.39, 0.29) is 23.8 Å². The molecule has 5 nitrogen and oxygen atoms in total. The minimum atomic E-state index is -0.641. The maximum Gasteiger partial charge on any atom is 0.254 e. The van der Waals surface area contributed by atoms with Crippen molar-refractivity contribution in [3.8, 4) is 5.75 Å². The van der Waals surface area contributed by atoms with Crippen LogP contribution in [-0.2, 0) is 6.54 Å². The number of nitrogens with one attached hydrogen (secondary N) is 2. The molecule has 0 spiro atoms. The second-order valence-corrected chi connectivity index (χ2v) is 6.94. The highest BCUT2D eigenvalue weighted by Gasteiger charge is 2.16. The van der Waals surface area contributed by atoms with Crippen LogP contribution in [0, 0.1) is 19.7 Å². The summed E-state index contributed by atoms with van der Waals surface area (Å²) in [5.41, 5.74) is 2.25. The van der Waals surface area contributed by atoms with Gasteiger partial charge in [-0.1, -0.05) is 24.3 Å². The Morgan fingerprint density at radius 1 is 1.14 bits per heavy atom. The molecule has 29 heavy (non-hydrogen) atoms. The summed E-state index contributed by atoms with van der Waals surface area (Å²) in [6, 6.07) is 15.5. The number of hydrogen-bond acceptors (Lipinski definition) is 3. The number of ether oxygens (including phenoxy) is 1. The molecule has 2 N–H and O–H groups in total. The Balaban J connectivity index is 1.70. The lowest BCUT2D eigenvalue weighted by molar-refractivity contribution is 0.0946. The second kappa shape index (κ2) is 8.73. The van der Waals surface area contributed by atoms with Crippen molar-refractivity contribution in [3.63, 3.8) is 0 Å². The minimum Gasteiger partial charge on any atom is -0.486 e. The molecule has 1 atom stereocenters. The Hall–Kier alpha value is -3.41. The lowest BCUT2D eigenvalue weighted by Gasteiger charge is -2.16. The molecule has 0 fully saturated rings. The van der Waals surface area contributed by atoms with Crippen molar-refractivity contribution in [2.24, 2.45) is 0 Å². The van der Waals surface area contributed by atoms with Gasteiger partial charge in [-0.05, 0) is 62.2 Å². The maximum absolute atomic E-state index is 14.6. The molecule has 0 radical (unpaired) electrons. The van der Waals surface area contributed by atoms with Crippen LogP contribution < -0.4 is 15.6 Å². The number of carbonyl (C=O) groups excluding carboxylic acids is 1. The van der Waals surface area contributed by atoms with Crippen molar-refractivity contribution in [2.45, 2.75) is 33.4 Å². The van der Waals surface area contributed by atoms with Gasteiger partial charge < -0.3 is 15.0 Å². The molecule has 1 heterocycles. The molecule has 3 rings (SSSR count). The molecule has 0 saturated carbocycles. The Kier molecular flexibility index (Phi) is 6.12. The van der Waals surface area contributed by atoms with Crippen molar-refractivity contribution < 1.29 is 13.9 Å². The summed E-state index contributed by atoms with van der Waals surface area (Å²) in [6.07, 6.45) is -0.377. The zero-order valence-corrected chi connectivity index (χ0v) is 16.6. The molecule has 6 heteroatoms. The molecule has 0 bridgehead atoms. The van der Waals surface area contributed by atoms with E-state index < -0.39 is 11.7 Å². The van der Waals surface area contributed by atoms with Gasteiger partial charge in [0.25, 0.3) is 11.5 Å². The van der Waals surface area contributed by atoms with Gasteiger partial charge in [0.05, 0.1) is 5.56 Å². The molecule has 0 aliphatic heterocycles. The van der Waals surface area contributed by atoms with E-state index in [9.17, 15) is 14.0 Å². The second-order valence-electron chi connectivity index (χ2n) is 6.94. The largest absolute Gasteiger partial charge is 0.486 e. The third-order valence-electron chi connectivity index (χ3n) is 4.68. The molecule has 150 valence electrons. The zero-order chi connectivity index (χ0) is 21.0. The summed E-state index contributed by atoms with van der Waals surface area (Å²) in [6.45, 7) is 5.42. The topological polar surface area (TPSA) is 71.2 Å². The van der Waals surface area contributed by atoms with Crippen LogP contribution in [0.5, 0.6) is 5.75 Å². The SMILES string of the molecule is Cc1cc(C)c(CNC(=O)c2ccc([C@H](C)Oc3ccccc3)cc2F)c(=O)[nH]1. The number of hydrogen-bond donors (Lipinski definition) is 2. The quantitative estimate of drug-likeness (QED) is 0.658. The molecular formula is C23H23FN2O3. The zero-order valence-electron chi connectivity index (χ0n) is 16.6. The number of amides is 1. The Bertz CT molecular complexity index is 1080. The highest BCUT2D eigenvalue weighted by molar-refractivity contribution is 5.94. The van der Waals surface area contributed by atoms with E-state index in [0.29, 0.717) is 16.9 Å². The minimum absolute atomic E-state index is 0.0228. The number of aromatic nitrogens is 1. The number of pyridine rings is 1. The number of H-pyrrole nitrogens is 1. The van der Waals surface area contributed by atoms with E-state index >= 15 is 0 Å². The molecule has 0 unspecified atom stereocenters. The molecular weight excluding hydrogens is 371 g/mol. The number of para-hydroxylation sites is 1. The molecule has 2 aromatic carbocycles. The average Bonchev–Trinajstić information content (AvgIpc) is 2.67. The van der Waals surface area contributed by atoms with Crippen molar-refractivity contribution in [1.29, 1.82) is 0 Å². The van der Waals surface area contributed by atoms with Crippen LogP contribution in [0.25, 0.3) is 0 Å². The summed E-state index contributed by atoms with van der Waals surface area (Å²) >= 11 is 0. The van der Waals surface area contributed by atoms with E-state index in [1.54, 1.807) is 19.9 Å². The van der Waals surface area contributed by atoms with E-state index in [2.05, 4.69) is 10.3 Å². The summed E-state index contributed by atoms with van der Waals surface area (Å²) in [7, 11) is 0. The van der Waals surface area contributed by atoms with Crippen molar-refractivity contribution in [2.75, 3.05) is 0 Å². The number of rotatable bonds is 6. The smallest absolute Gasteiger partial charge is 0.254 e. The Labute approximate surface area is 168 Å². The number of carbonyl (C=O) groups is 1. The summed E-state index contributed by atoms with van der Waals surface area (Å²) in [5, 5.41) is 2.62. The predicted octanol–water partition coefficient (Wildman–Crippen LogP) is 4.20. The van der Waals surface area contributed by atoms with Gasteiger partial charge in [-0.25, -0.2) is 4.39 Å². The van der Waals surface area contributed by atoms with Gasteiger partial charge in [0.1, 0.15) is 17.7 Å². The van der Waals surface area contributed by atoms with E-state index in [0.717, 1.165) is 11.3 Å². The van der Waals surface area contributed by atoms with Crippen LogP contribution in [0.15, 0.2) is 59.4 Å². The molecule has 1 aromatic heterocycles. The number of halogens is 1. The van der Waals surface area contributed by atoms with Crippen LogP contribution in [-0.4, -0.2) is 10.9 Å². The highest BCUT2D eigenvalue weighted by Crippen LogP contribution is 2.23. The standard InChI is InChI=1S/C23H23FN2O3/c1-14-11-15(2)26-23(28)20(14)13-25-22(27)19-10-9-17(12-21(19)24)16(3)29-18-7-5-4-6-8-18/h4-12,16H,13H2,1-3H3,(H,25,27)(H,26,28)/t16-/m0/s1. The van der Waals surface area contributed by atoms with Crippen LogP contribution in [0.4, 0.5) is 4.39 Å². The average molecular weight is 394 g/mol. The van der Waals surface area contributed by atoms with Gasteiger partial charge in [0.15, 0.2) is 0 Å². The number of benzene rings is 2. The molecule has 0 aliphatic carbocycles. The fourth-order valence-electron chi connectivity index (χ4n) is 3.10. The Morgan fingerprint density at radius 3 is 2.52 bits per heavy atom. The van der Waals surface area contributed by atoms with Gasteiger partial charge in [0, 0.05) is 17.8 Å². The number of aromatic amines is 1. The van der Waals surface area contributed by atoms with Gasteiger partial charge in [-0.3, -0.25) is 9.59 Å². The number of aryl methyl sites for hydroxylation is 2. The summed E-state index contributed by atoms with van der Waals surface area (Å²) in [5.74, 6) is -0.538. The van der Waals surface area contributed by atoms with Gasteiger partial charge >= 0.3 is 0 Å². The van der Waals surface area contributed by atoms with Gasteiger partial charge in [-0.2, -0.15) is 0 Å². The fourth-order valence-corrected chi connectivity index (χ4v) is 3.10. The first-order valence-electron chi connectivity index (χ1n) is 9.34. The lowest BCUT2D eigenvalue weighted by Crippen LogP contribution is -2.28. The van der Waals surface area contributed by atoms with E-state index in [1.807, 2.05) is 43.3 Å². The first kappa shape index (κ1) is 20.3. The van der Waals surface area contributed by atoms with E-state index in [1.165, 1.54) is 12.1 Å².